The first-order chi connectivity index (χ1) is 6.85. The van der Waals surface area contributed by atoms with Gasteiger partial charge in [-0.2, -0.15) is 0 Å². The Hall–Kier alpha value is -1.09. The fraction of sp³-hybridized carbons (Fsp3) is 0.545. The summed E-state index contributed by atoms with van der Waals surface area (Å²) >= 11 is 0. The topological polar surface area (TPSA) is 34.1 Å². The van der Waals surface area contributed by atoms with E-state index < -0.39 is 0 Å². The van der Waals surface area contributed by atoms with Crippen molar-refractivity contribution in [2.24, 2.45) is 5.92 Å². The molecule has 0 amide bonds. The van der Waals surface area contributed by atoms with Crippen LogP contribution in [0.3, 0.4) is 0 Å². The second-order valence-corrected chi connectivity index (χ2v) is 3.78. The number of pyridine rings is 1. The van der Waals surface area contributed by atoms with Gasteiger partial charge in [-0.3, -0.25) is 4.98 Å². The van der Waals surface area contributed by atoms with Gasteiger partial charge in [-0.05, 0) is 38.1 Å². The molecule has 1 fully saturated rings. The minimum Gasteiger partial charge on any atom is -0.495 e. The molecule has 1 heterocycles. The quantitative estimate of drug-likeness (QED) is 0.783. The predicted molar refractivity (Wildman–Crippen MR) is 55.6 cm³/mol. The van der Waals surface area contributed by atoms with Gasteiger partial charge in [-0.1, -0.05) is 0 Å². The van der Waals surface area contributed by atoms with E-state index in [1.54, 1.807) is 13.3 Å². The SMILES string of the molecule is CNCC1CC1c1ccc(OC)cn1. The fourth-order valence-electron chi connectivity index (χ4n) is 1.83. The van der Waals surface area contributed by atoms with Gasteiger partial charge < -0.3 is 10.1 Å². The molecule has 3 nitrogen and oxygen atoms in total. The van der Waals surface area contributed by atoms with Gasteiger partial charge in [0.15, 0.2) is 0 Å². The maximum atomic E-state index is 5.07. The average molecular weight is 192 g/mol. The van der Waals surface area contributed by atoms with Gasteiger partial charge in [0, 0.05) is 11.6 Å². The molecule has 2 unspecified atom stereocenters. The molecule has 0 saturated heterocycles. The lowest BCUT2D eigenvalue weighted by atomic mass is 10.2. The zero-order chi connectivity index (χ0) is 9.97. The van der Waals surface area contributed by atoms with Crippen molar-refractivity contribution >= 4 is 0 Å². The molecular weight excluding hydrogens is 176 g/mol. The second kappa shape index (κ2) is 3.96. The summed E-state index contributed by atoms with van der Waals surface area (Å²) in [5.74, 6) is 2.27. The van der Waals surface area contributed by atoms with Crippen LogP contribution in [-0.2, 0) is 0 Å². The summed E-state index contributed by atoms with van der Waals surface area (Å²) in [5.41, 5.74) is 1.20. The van der Waals surface area contributed by atoms with E-state index in [1.807, 2.05) is 13.1 Å². The number of methoxy groups -OCH3 is 1. The molecule has 0 radical (unpaired) electrons. The summed E-state index contributed by atoms with van der Waals surface area (Å²) in [5, 5.41) is 3.20. The van der Waals surface area contributed by atoms with Crippen molar-refractivity contribution in [3.8, 4) is 5.75 Å². The van der Waals surface area contributed by atoms with Crippen LogP contribution in [0.1, 0.15) is 18.0 Å². The minimum atomic E-state index is 0.661. The first-order valence-corrected chi connectivity index (χ1v) is 4.99. The highest BCUT2D eigenvalue weighted by Crippen LogP contribution is 2.46. The molecule has 1 saturated carbocycles. The molecule has 0 bridgehead atoms. The van der Waals surface area contributed by atoms with Crippen molar-refractivity contribution in [2.45, 2.75) is 12.3 Å². The first kappa shape index (κ1) is 9.46. The third-order valence-electron chi connectivity index (χ3n) is 2.76. The highest BCUT2D eigenvalue weighted by molar-refractivity contribution is 5.25. The summed E-state index contributed by atoms with van der Waals surface area (Å²) in [7, 11) is 3.66. The number of nitrogens with one attached hydrogen (secondary N) is 1. The van der Waals surface area contributed by atoms with Crippen LogP contribution in [0.15, 0.2) is 18.3 Å². The van der Waals surface area contributed by atoms with E-state index in [9.17, 15) is 0 Å². The van der Waals surface area contributed by atoms with Crippen molar-refractivity contribution in [3.63, 3.8) is 0 Å². The molecule has 76 valence electrons. The minimum absolute atomic E-state index is 0.661. The van der Waals surface area contributed by atoms with Crippen molar-refractivity contribution in [1.82, 2.24) is 10.3 Å². The molecule has 1 aromatic rings. The van der Waals surface area contributed by atoms with Gasteiger partial charge >= 0.3 is 0 Å². The van der Waals surface area contributed by atoms with Crippen LogP contribution in [0.4, 0.5) is 0 Å². The smallest absolute Gasteiger partial charge is 0.137 e. The number of ether oxygens (including phenoxy) is 1. The third kappa shape index (κ3) is 1.87. The molecule has 1 aliphatic carbocycles. The fourth-order valence-corrected chi connectivity index (χ4v) is 1.83. The molecule has 1 N–H and O–H groups in total. The van der Waals surface area contributed by atoms with Gasteiger partial charge in [-0.25, -0.2) is 0 Å². The van der Waals surface area contributed by atoms with Crippen molar-refractivity contribution in [3.05, 3.63) is 24.0 Å². The maximum absolute atomic E-state index is 5.07. The zero-order valence-corrected chi connectivity index (χ0v) is 8.66. The van der Waals surface area contributed by atoms with Crippen LogP contribution in [-0.4, -0.2) is 25.7 Å². The Balaban J connectivity index is 1.98. The Morgan fingerprint density at radius 2 is 2.43 bits per heavy atom. The molecule has 14 heavy (non-hydrogen) atoms. The van der Waals surface area contributed by atoms with Gasteiger partial charge in [0.25, 0.3) is 0 Å². The Morgan fingerprint density at radius 1 is 1.57 bits per heavy atom. The van der Waals surface area contributed by atoms with Crippen LogP contribution in [0.25, 0.3) is 0 Å². The molecule has 0 spiro atoms. The molecule has 3 heteroatoms. The number of hydrogen-bond donors (Lipinski definition) is 1. The van der Waals surface area contributed by atoms with Gasteiger partial charge in [0.1, 0.15) is 5.75 Å². The second-order valence-electron chi connectivity index (χ2n) is 3.78. The summed E-state index contributed by atoms with van der Waals surface area (Å²) in [6, 6.07) is 4.05. The maximum Gasteiger partial charge on any atom is 0.137 e. The Morgan fingerprint density at radius 3 is 3.00 bits per heavy atom. The van der Waals surface area contributed by atoms with E-state index >= 15 is 0 Å². The summed E-state index contributed by atoms with van der Waals surface area (Å²) in [6.45, 7) is 1.10. The van der Waals surface area contributed by atoms with E-state index in [2.05, 4.69) is 16.4 Å². The van der Waals surface area contributed by atoms with E-state index in [1.165, 1.54) is 12.1 Å². The normalized spacial score (nSPS) is 24.7. The van der Waals surface area contributed by atoms with Gasteiger partial charge in [-0.15, -0.1) is 0 Å². The molecule has 2 rings (SSSR count). The van der Waals surface area contributed by atoms with Crippen LogP contribution in [0, 0.1) is 5.92 Å². The van der Waals surface area contributed by atoms with E-state index in [0.29, 0.717) is 5.92 Å². The Kier molecular flexibility index (Phi) is 2.68. The molecular formula is C11H16N2O. The monoisotopic (exact) mass is 192 g/mol. The third-order valence-corrected chi connectivity index (χ3v) is 2.76. The largest absolute Gasteiger partial charge is 0.495 e. The van der Waals surface area contributed by atoms with Crippen molar-refractivity contribution in [2.75, 3.05) is 20.7 Å². The first-order valence-electron chi connectivity index (χ1n) is 4.99. The van der Waals surface area contributed by atoms with Gasteiger partial charge in [0.05, 0.1) is 13.3 Å². The van der Waals surface area contributed by atoms with Crippen LogP contribution in [0.2, 0.25) is 0 Å². The lowest BCUT2D eigenvalue weighted by Crippen LogP contribution is -2.10. The number of rotatable bonds is 4. The lowest BCUT2D eigenvalue weighted by Gasteiger charge is -2.01. The average Bonchev–Trinajstić information content (AvgIpc) is 2.98. The van der Waals surface area contributed by atoms with Crippen LogP contribution < -0.4 is 10.1 Å². The molecule has 2 atom stereocenters. The van der Waals surface area contributed by atoms with Crippen molar-refractivity contribution in [1.29, 1.82) is 0 Å². The van der Waals surface area contributed by atoms with E-state index in [4.69, 9.17) is 4.74 Å². The standard InChI is InChI=1S/C11H16N2O/c1-12-6-8-5-10(8)11-4-3-9(14-2)7-13-11/h3-4,7-8,10,12H,5-6H2,1-2H3. The van der Waals surface area contributed by atoms with Gasteiger partial charge in [0.2, 0.25) is 0 Å². The van der Waals surface area contributed by atoms with E-state index in [0.717, 1.165) is 18.2 Å². The zero-order valence-electron chi connectivity index (χ0n) is 8.66. The summed E-state index contributed by atoms with van der Waals surface area (Å²) in [4.78, 5) is 4.39. The predicted octanol–water partition coefficient (Wildman–Crippen LogP) is 1.41. The van der Waals surface area contributed by atoms with Crippen LogP contribution in [0.5, 0.6) is 5.75 Å². The van der Waals surface area contributed by atoms with Crippen molar-refractivity contribution < 1.29 is 4.74 Å². The molecule has 0 aliphatic heterocycles. The molecule has 0 aromatic carbocycles. The number of nitrogens with zero attached hydrogens (tertiary/aromatic N) is 1. The highest BCUT2D eigenvalue weighted by Gasteiger charge is 2.38. The Labute approximate surface area is 84.5 Å². The number of hydrogen-bond acceptors (Lipinski definition) is 3. The van der Waals surface area contributed by atoms with Crippen LogP contribution >= 0.6 is 0 Å². The summed E-state index contributed by atoms with van der Waals surface area (Å²) in [6.07, 6.45) is 3.06. The molecule has 1 aliphatic rings. The van der Waals surface area contributed by atoms with E-state index in [-0.39, 0.29) is 0 Å². The Bertz CT molecular complexity index is 297. The molecule has 1 aromatic heterocycles. The lowest BCUT2D eigenvalue weighted by molar-refractivity contribution is 0.412. The highest BCUT2D eigenvalue weighted by atomic mass is 16.5. The number of aromatic nitrogens is 1. The summed E-state index contributed by atoms with van der Waals surface area (Å²) < 4.78 is 5.07.